The largest absolute Gasteiger partial charge is 0.370 e. The lowest BCUT2D eigenvalue weighted by atomic mass is 10.2. The topological polar surface area (TPSA) is 53.0 Å². The summed E-state index contributed by atoms with van der Waals surface area (Å²) in [6, 6.07) is 6.47. The normalized spacial score (nSPS) is 20.3. The highest BCUT2D eigenvalue weighted by Gasteiger charge is 2.19. The van der Waals surface area contributed by atoms with E-state index in [-0.39, 0.29) is 11.9 Å². The van der Waals surface area contributed by atoms with Crippen molar-refractivity contribution in [3.05, 3.63) is 29.6 Å². The molecule has 3 nitrogen and oxygen atoms in total. The van der Waals surface area contributed by atoms with Gasteiger partial charge in [0.2, 0.25) is 0 Å². The molecule has 1 unspecified atom stereocenters. The molecule has 1 aliphatic rings. The molecule has 1 saturated heterocycles. The lowest BCUT2D eigenvalue weighted by Gasteiger charge is -2.18. The minimum Gasteiger partial charge on any atom is -0.370 e. The first-order valence-electron chi connectivity index (χ1n) is 4.90. The van der Waals surface area contributed by atoms with Gasteiger partial charge in [0.1, 0.15) is 5.82 Å². The fraction of sp³-hybridized carbons (Fsp3) is 0.364. The Bertz CT molecular complexity index is 411. The van der Waals surface area contributed by atoms with Crippen LogP contribution in [-0.4, -0.2) is 19.1 Å². The zero-order valence-corrected chi connectivity index (χ0v) is 8.28. The smallest absolute Gasteiger partial charge is 0.126 e. The third-order valence-corrected chi connectivity index (χ3v) is 2.60. The van der Waals surface area contributed by atoms with Gasteiger partial charge in [-0.15, -0.1) is 0 Å². The van der Waals surface area contributed by atoms with E-state index in [0.29, 0.717) is 5.56 Å². The molecule has 4 heteroatoms. The van der Waals surface area contributed by atoms with Crippen LogP contribution in [0.3, 0.4) is 0 Å². The highest BCUT2D eigenvalue weighted by Crippen LogP contribution is 2.22. The zero-order valence-electron chi connectivity index (χ0n) is 8.28. The second-order valence-electron chi connectivity index (χ2n) is 3.80. The molecule has 0 aliphatic carbocycles. The highest BCUT2D eigenvalue weighted by atomic mass is 19.1. The van der Waals surface area contributed by atoms with Crippen molar-refractivity contribution in [3.63, 3.8) is 0 Å². The van der Waals surface area contributed by atoms with Crippen molar-refractivity contribution in [1.82, 2.24) is 0 Å². The first-order chi connectivity index (χ1) is 7.19. The fourth-order valence-corrected chi connectivity index (χ4v) is 1.84. The Morgan fingerprint density at radius 2 is 2.27 bits per heavy atom. The average molecular weight is 205 g/mol. The second kappa shape index (κ2) is 3.87. The minimum absolute atomic E-state index is 0.152. The number of rotatable bonds is 1. The van der Waals surface area contributed by atoms with Crippen molar-refractivity contribution in [1.29, 1.82) is 5.26 Å². The number of nitriles is 1. The van der Waals surface area contributed by atoms with E-state index in [1.807, 2.05) is 11.0 Å². The van der Waals surface area contributed by atoms with Crippen molar-refractivity contribution < 1.29 is 4.39 Å². The average Bonchev–Trinajstić information content (AvgIpc) is 2.64. The summed E-state index contributed by atoms with van der Waals surface area (Å²) in [7, 11) is 0. The van der Waals surface area contributed by atoms with Gasteiger partial charge in [-0.05, 0) is 24.6 Å². The Kier molecular flexibility index (Phi) is 2.57. The van der Waals surface area contributed by atoms with Gasteiger partial charge in [-0.1, -0.05) is 0 Å². The molecule has 1 aromatic carbocycles. The van der Waals surface area contributed by atoms with Crippen molar-refractivity contribution in [2.45, 2.75) is 12.5 Å². The predicted octanol–water partition coefficient (Wildman–Crippen LogP) is 1.23. The van der Waals surface area contributed by atoms with Crippen LogP contribution < -0.4 is 10.6 Å². The van der Waals surface area contributed by atoms with Crippen LogP contribution in [0.15, 0.2) is 18.2 Å². The first kappa shape index (κ1) is 9.94. The monoisotopic (exact) mass is 205 g/mol. The van der Waals surface area contributed by atoms with Crippen LogP contribution in [0, 0.1) is 17.1 Å². The first-order valence-corrected chi connectivity index (χ1v) is 4.90. The number of halogens is 1. The van der Waals surface area contributed by atoms with Gasteiger partial charge in [-0.2, -0.15) is 5.26 Å². The molecule has 1 heterocycles. The molecule has 78 valence electrons. The molecule has 0 bridgehead atoms. The summed E-state index contributed by atoms with van der Waals surface area (Å²) in [6.45, 7) is 1.56. The van der Waals surface area contributed by atoms with Crippen molar-refractivity contribution in [2.24, 2.45) is 5.73 Å². The summed E-state index contributed by atoms with van der Waals surface area (Å²) in [4.78, 5) is 2.01. The van der Waals surface area contributed by atoms with Gasteiger partial charge in [0.15, 0.2) is 0 Å². The summed E-state index contributed by atoms with van der Waals surface area (Å²) >= 11 is 0. The quantitative estimate of drug-likeness (QED) is 0.750. The van der Waals surface area contributed by atoms with E-state index in [0.717, 1.165) is 25.2 Å². The van der Waals surface area contributed by atoms with Crippen molar-refractivity contribution in [2.75, 3.05) is 18.0 Å². The SMILES string of the molecule is N#Cc1cc(F)cc(N2CCC(N)C2)c1. The van der Waals surface area contributed by atoms with Crippen molar-refractivity contribution in [3.8, 4) is 6.07 Å². The van der Waals surface area contributed by atoms with E-state index in [1.54, 1.807) is 6.07 Å². The van der Waals surface area contributed by atoms with E-state index in [4.69, 9.17) is 11.0 Å². The summed E-state index contributed by atoms with van der Waals surface area (Å²) in [5.74, 6) is -0.371. The van der Waals surface area contributed by atoms with Gasteiger partial charge in [0.25, 0.3) is 0 Å². The molecule has 1 atom stereocenters. The third-order valence-electron chi connectivity index (χ3n) is 2.60. The number of anilines is 1. The molecule has 2 N–H and O–H groups in total. The minimum atomic E-state index is -0.371. The van der Waals surface area contributed by atoms with Gasteiger partial charge in [-0.3, -0.25) is 0 Å². The molecule has 1 aliphatic heterocycles. The number of hydrogen-bond acceptors (Lipinski definition) is 3. The summed E-state index contributed by atoms with van der Waals surface area (Å²) in [6.07, 6.45) is 0.915. The van der Waals surface area contributed by atoms with Gasteiger partial charge in [0.05, 0.1) is 11.6 Å². The Hall–Kier alpha value is -1.60. The van der Waals surface area contributed by atoms with E-state index in [9.17, 15) is 4.39 Å². The van der Waals surface area contributed by atoms with E-state index in [1.165, 1.54) is 12.1 Å². The molecule has 0 aromatic heterocycles. The highest BCUT2D eigenvalue weighted by molar-refractivity contribution is 5.52. The zero-order chi connectivity index (χ0) is 10.8. The maximum absolute atomic E-state index is 13.2. The van der Waals surface area contributed by atoms with Crippen LogP contribution in [0.2, 0.25) is 0 Å². The van der Waals surface area contributed by atoms with E-state index in [2.05, 4.69) is 0 Å². The van der Waals surface area contributed by atoms with Crippen LogP contribution in [0.4, 0.5) is 10.1 Å². The van der Waals surface area contributed by atoms with Crippen LogP contribution in [0.1, 0.15) is 12.0 Å². The molecule has 0 amide bonds. The summed E-state index contributed by atoms with van der Waals surface area (Å²) in [5, 5.41) is 8.72. The molecule has 1 aromatic rings. The standard InChI is InChI=1S/C11H12FN3/c12-9-3-8(6-13)4-11(5-9)15-2-1-10(14)7-15/h3-5,10H,1-2,7,14H2. The molecule has 15 heavy (non-hydrogen) atoms. The predicted molar refractivity (Wildman–Crippen MR) is 55.9 cm³/mol. The Labute approximate surface area is 87.9 Å². The van der Waals surface area contributed by atoms with Crippen LogP contribution >= 0.6 is 0 Å². The molecule has 2 rings (SSSR count). The molecular weight excluding hydrogens is 193 g/mol. The van der Waals surface area contributed by atoms with Crippen LogP contribution in [0.5, 0.6) is 0 Å². The Morgan fingerprint density at radius 1 is 1.47 bits per heavy atom. The maximum Gasteiger partial charge on any atom is 0.126 e. The Balaban J connectivity index is 2.29. The van der Waals surface area contributed by atoms with Gasteiger partial charge in [0, 0.05) is 24.8 Å². The maximum atomic E-state index is 13.2. The lowest BCUT2D eigenvalue weighted by molar-refractivity contribution is 0.626. The molecule has 0 radical (unpaired) electrons. The van der Waals surface area contributed by atoms with Crippen LogP contribution in [0.25, 0.3) is 0 Å². The lowest BCUT2D eigenvalue weighted by Crippen LogP contribution is -2.26. The van der Waals surface area contributed by atoms with E-state index < -0.39 is 0 Å². The number of nitrogens with zero attached hydrogens (tertiary/aromatic N) is 2. The van der Waals surface area contributed by atoms with Gasteiger partial charge >= 0.3 is 0 Å². The summed E-state index contributed by atoms with van der Waals surface area (Å²) < 4.78 is 13.2. The summed E-state index contributed by atoms with van der Waals surface area (Å²) in [5.41, 5.74) is 6.87. The Morgan fingerprint density at radius 3 is 2.87 bits per heavy atom. The number of hydrogen-bond donors (Lipinski definition) is 1. The number of nitrogens with two attached hydrogens (primary N) is 1. The fourth-order valence-electron chi connectivity index (χ4n) is 1.84. The van der Waals surface area contributed by atoms with Crippen molar-refractivity contribution >= 4 is 5.69 Å². The molecular formula is C11H12FN3. The van der Waals surface area contributed by atoms with Gasteiger partial charge in [-0.25, -0.2) is 4.39 Å². The number of benzene rings is 1. The van der Waals surface area contributed by atoms with Crippen LogP contribution in [-0.2, 0) is 0 Å². The molecule has 1 fully saturated rings. The van der Waals surface area contributed by atoms with E-state index >= 15 is 0 Å². The molecule has 0 spiro atoms. The molecule has 0 saturated carbocycles. The van der Waals surface area contributed by atoms with Gasteiger partial charge < -0.3 is 10.6 Å². The third kappa shape index (κ3) is 2.08. The second-order valence-corrected chi connectivity index (χ2v) is 3.80.